The fourth-order valence-corrected chi connectivity index (χ4v) is 5.46. The van der Waals surface area contributed by atoms with Crippen LogP contribution in [-0.4, -0.2) is 135 Å². The Hall–Kier alpha value is -3.97. The molecule has 1 aliphatic rings. The van der Waals surface area contributed by atoms with Gasteiger partial charge in [0.1, 0.15) is 23.4 Å². The van der Waals surface area contributed by atoms with Crippen LogP contribution in [0.1, 0.15) is 38.6 Å². The van der Waals surface area contributed by atoms with Crippen LogP contribution in [0, 0.1) is 0 Å². The van der Waals surface area contributed by atoms with Crippen LogP contribution < -0.4 is 17.2 Å². The van der Waals surface area contributed by atoms with Gasteiger partial charge in [0.25, 0.3) is 6.01 Å². The Balaban J connectivity index is 0.000000354. The normalized spacial score (nSPS) is 13.6. The molecule has 0 spiro atoms. The molecule has 1 aliphatic heterocycles. The number of anilines is 2. The van der Waals surface area contributed by atoms with Gasteiger partial charge in [-0.05, 0) is 37.5 Å². The van der Waals surface area contributed by atoms with Crippen LogP contribution in [0.4, 0.5) is 11.8 Å². The highest BCUT2D eigenvalue weighted by molar-refractivity contribution is 5.99. The molecule has 0 atom stereocenters. The number of carbonyl (C=O) groups excluding carboxylic acids is 1. The Morgan fingerprint density at radius 3 is 2.20 bits per heavy atom. The van der Waals surface area contributed by atoms with Crippen molar-refractivity contribution in [1.29, 1.82) is 0 Å². The molecule has 1 fully saturated rings. The van der Waals surface area contributed by atoms with Gasteiger partial charge in [0.15, 0.2) is 11.2 Å². The third-order valence-corrected chi connectivity index (χ3v) is 7.98. The minimum atomic E-state index is 0.0768. The molecule has 1 amide bonds. The first-order valence-electron chi connectivity index (χ1n) is 17.5. The summed E-state index contributed by atoms with van der Waals surface area (Å²) < 4.78 is 38.6. The number of carbonyl (C=O) groups is 1. The molecule has 4 heterocycles. The Morgan fingerprint density at radius 2 is 1.53 bits per heavy atom. The van der Waals surface area contributed by atoms with E-state index in [9.17, 15) is 4.79 Å². The number of nitrogens with zero attached hydrogens (tertiary/aromatic N) is 6. The van der Waals surface area contributed by atoms with E-state index in [1.165, 1.54) is 6.33 Å². The van der Waals surface area contributed by atoms with Gasteiger partial charge in [-0.1, -0.05) is 6.92 Å². The molecular formula is C34H53N9O8. The van der Waals surface area contributed by atoms with E-state index >= 15 is 0 Å². The molecule has 0 saturated carbocycles. The van der Waals surface area contributed by atoms with Gasteiger partial charge in [0.05, 0.1) is 83.9 Å². The Kier molecular flexibility index (Phi) is 17.2. The second-order valence-corrected chi connectivity index (χ2v) is 11.7. The first-order valence-corrected chi connectivity index (χ1v) is 17.5. The highest BCUT2D eigenvalue weighted by Gasteiger charge is 2.28. The number of hydrogen-bond acceptors (Lipinski definition) is 15. The number of fused-ring (bicyclic) bond motifs is 2. The van der Waals surface area contributed by atoms with E-state index in [0.717, 1.165) is 31.4 Å². The summed E-state index contributed by atoms with van der Waals surface area (Å²) in [7, 11) is 1.65. The summed E-state index contributed by atoms with van der Waals surface area (Å²) in [5.41, 5.74) is 20.6. The summed E-state index contributed by atoms with van der Waals surface area (Å²) >= 11 is 0. The predicted molar refractivity (Wildman–Crippen MR) is 192 cm³/mol. The molecule has 17 nitrogen and oxygen atoms in total. The summed E-state index contributed by atoms with van der Waals surface area (Å²) in [6.45, 7) is 10.3. The number of aromatic nitrogens is 5. The Bertz CT molecular complexity index is 1580. The lowest BCUT2D eigenvalue weighted by Gasteiger charge is -2.32. The number of piperidine rings is 1. The second-order valence-electron chi connectivity index (χ2n) is 11.7. The van der Waals surface area contributed by atoms with Gasteiger partial charge in [-0.15, -0.1) is 0 Å². The molecule has 51 heavy (non-hydrogen) atoms. The van der Waals surface area contributed by atoms with Crippen molar-refractivity contribution >= 4 is 39.9 Å². The van der Waals surface area contributed by atoms with Crippen molar-refractivity contribution in [3.05, 3.63) is 24.5 Å². The second kappa shape index (κ2) is 22.1. The smallest absolute Gasteiger partial charge is 0.292 e. The van der Waals surface area contributed by atoms with Crippen molar-refractivity contribution in [3.63, 3.8) is 0 Å². The van der Waals surface area contributed by atoms with E-state index in [4.69, 9.17) is 55.1 Å². The van der Waals surface area contributed by atoms with Crippen LogP contribution in [0.15, 0.2) is 28.9 Å². The maximum atomic E-state index is 12.7. The Morgan fingerprint density at radius 1 is 0.882 bits per heavy atom. The summed E-state index contributed by atoms with van der Waals surface area (Å²) in [5, 5.41) is 5.62. The number of hydrogen-bond donors (Lipinski definition) is 3. The van der Waals surface area contributed by atoms with Crippen molar-refractivity contribution in [2.45, 2.75) is 38.6 Å². The summed E-state index contributed by atoms with van der Waals surface area (Å²) in [6.07, 6.45) is 4.32. The first kappa shape index (κ1) is 39.8. The van der Waals surface area contributed by atoms with Crippen LogP contribution in [0.2, 0.25) is 0 Å². The average molecular weight is 716 g/mol. The number of likely N-dealkylation sites (tertiary alicyclic amines) is 1. The Labute approximate surface area is 298 Å². The lowest BCUT2D eigenvalue weighted by molar-refractivity contribution is -0.133. The number of rotatable bonds is 21. The molecule has 5 rings (SSSR count). The summed E-state index contributed by atoms with van der Waals surface area (Å²) in [6, 6.07) is 5.76. The lowest BCUT2D eigenvalue weighted by atomic mass is 10.0. The molecule has 4 aromatic rings. The fourth-order valence-electron chi connectivity index (χ4n) is 5.46. The van der Waals surface area contributed by atoms with Crippen LogP contribution >= 0.6 is 0 Å². The summed E-state index contributed by atoms with van der Waals surface area (Å²) in [5.74, 6) is 0.462. The number of ether oxygens (including phenoxy) is 6. The SMILES string of the molecule is CCCOCCOCCC(=O)N1CCC(n2nc(-c3ccc4oc(N)nc4c3)c3c(N)ncnc32)CC1.COCCOCCOCCOCCN. The number of benzene rings is 1. The molecular weight excluding hydrogens is 662 g/mol. The van der Waals surface area contributed by atoms with Gasteiger partial charge in [0, 0.05) is 38.9 Å². The van der Waals surface area contributed by atoms with E-state index in [1.54, 1.807) is 7.11 Å². The largest absolute Gasteiger partial charge is 0.424 e. The highest BCUT2D eigenvalue weighted by Crippen LogP contribution is 2.35. The van der Waals surface area contributed by atoms with Gasteiger partial charge >= 0.3 is 0 Å². The van der Waals surface area contributed by atoms with Crippen LogP contribution in [0.5, 0.6) is 0 Å². The number of nitrogen functional groups attached to an aromatic ring is 2. The molecule has 0 aliphatic carbocycles. The molecule has 0 radical (unpaired) electrons. The molecule has 1 aromatic carbocycles. The summed E-state index contributed by atoms with van der Waals surface area (Å²) in [4.78, 5) is 27.5. The van der Waals surface area contributed by atoms with Crippen LogP contribution in [0.25, 0.3) is 33.4 Å². The van der Waals surface area contributed by atoms with Crippen molar-refractivity contribution in [2.75, 3.05) is 111 Å². The number of nitrogens with two attached hydrogens (primary N) is 3. The van der Waals surface area contributed by atoms with Crippen molar-refractivity contribution in [3.8, 4) is 11.3 Å². The number of amides is 1. The number of methoxy groups -OCH3 is 1. The van der Waals surface area contributed by atoms with E-state index in [2.05, 4.69) is 21.9 Å². The molecule has 17 heteroatoms. The lowest BCUT2D eigenvalue weighted by Crippen LogP contribution is -2.39. The molecule has 1 saturated heterocycles. The monoisotopic (exact) mass is 715 g/mol. The van der Waals surface area contributed by atoms with Gasteiger partial charge < -0.3 is 54.9 Å². The minimum absolute atomic E-state index is 0.0768. The quantitative estimate of drug-likeness (QED) is 0.105. The average Bonchev–Trinajstić information content (AvgIpc) is 3.72. The van der Waals surface area contributed by atoms with Gasteiger partial charge in [-0.25, -0.2) is 14.6 Å². The van der Waals surface area contributed by atoms with E-state index < -0.39 is 0 Å². The van der Waals surface area contributed by atoms with Crippen molar-refractivity contribution in [1.82, 2.24) is 29.6 Å². The van der Waals surface area contributed by atoms with Crippen LogP contribution in [0.3, 0.4) is 0 Å². The van der Waals surface area contributed by atoms with Crippen LogP contribution in [-0.2, 0) is 33.2 Å². The third kappa shape index (κ3) is 12.3. The minimum Gasteiger partial charge on any atom is -0.424 e. The maximum Gasteiger partial charge on any atom is 0.292 e. The number of oxazole rings is 1. The van der Waals surface area contributed by atoms with Gasteiger partial charge in [0.2, 0.25) is 5.91 Å². The van der Waals surface area contributed by atoms with Gasteiger partial charge in [-0.3, -0.25) is 4.79 Å². The third-order valence-electron chi connectivity index (χ3n) is 7.98. The maximum absolute atomic E-state index is 12.7. The van der Waals surface area contributed by atoms with E-state index in [0.29, 0.717) is 126 Å². The zero-order chi connectivity index (χ0) is 36.3. The topological polar surface area (TPSA) is 223 Å². The van der Waals surface area contributed by atoms with Crippen molar-refractivity contribution in [2.24, 2.45) is 5.73 Å². The zero-order valence-corrected chi connectivity index (χ0v) is 29.8. The van der Waals surface area contributed by atoms with E-state index in [1.807, 2.05) is 27.8 Å². The van der Waals surface area contributed by atoms with E-state index in [-0.39, 0.29) is 18.0 Å². The predicted octanol–water partition coefficient (Wildman–Crippen LogP) is 2.44. The zero-order valence-electron chi connectivity index (χ0n) is 29.8. The fraction of sp³-hybridized carbons (Fsp3) is 0.618. The van der Waals surface area contributed by atoms with Crippen molar-refractivity contribution < 1.29 is 37.6 Å². The first-order chi connectivity index (χ1) is 25.0. The van der Waals surface area contributed by atoms with Gasteiger partial charge in [-0.2, -0.15) is 10.1 Å². The standard InChI is InChI=1S/C25H32N8O4.C9H21NO4/c1-2-10-35-12-13-36-11-7-20(34)32-8-5-17(6-9-32)33-24-21(23(26)28-15-29-24)22(31-33)16-3-4-19-18(14-16)30-25(27)37-19;1-11-4-5-13-8-9-14-7-6-12-3-2-10/h3-4,14-15,17H,2,5-13H2,1H3,(H2,27,30)(H2,26,28,29);2-10H2,1H3. The molecule has 6 N–H and O–H groups in total. The highest BCUT2D eigenvalue weighted by atomic mass is 16.6. The molecule has 282 valence electrons. The molecule has 0 unspecified atom stereocenters. The molecule has 0 bridgehead atoms. The molecule has 3 aromatic heterocycles.